The first kappa shape index (κ1) is 15.2. The first-order valence-corrected chi connectivity index (χ1v) is 7.09. The van der Waals surface area contributed by atoms with Crippen molar-refractivity contribution < 1.29 is 0 Å². The van der Waals surface area contributed by atoms with Gasteiger partial charge < -0.3 is 5.73 Å². The first-order chi connectivity index (χ1) is 8.32. The molecule has 0 fully saturated rings. The van der Waals surface area contributed by atoms with E-state index in [2.05, 4.69) is 46.8 Å². The molecular formula is C16H28N2. The number of hydrogen-bond donors (Lipinski definition) is 1. The number of nitrogens with two attached hydrogens (primary N) is 1. The third kappa shape index (κ3) is 4.77. The minimum absolute atomic E-state index is 0.126. The lowest BCUT2D eigenvalue weighted by atomic mass is 9.89. The van der Waals surface area contributed by atoms with E-state index in [4.69, 9.17) is 10.7 Å². The van der Waals surface area contributed by atoms with Gasteiger partial charge in [0.2, 0.25) is 0 Å². The van der Waals surface area contributed by atoms with Gasteiger partial charge in [-0.3, -0.25) is 4.98 Å². The molecule has 0 aliphatic heterocycles. The number of aromatic nitrogens is 1. The third-order valence-electron chi connectivity index (χ3n) is 3.19. The summed E-state index contributed by atoms with van der Waals surface area (Å²) >= 11 is 0. The van der Waals surface area contributed by atoms with Crippen molar-refractivity contribution in [3.8, 4) is 0 Å². The molecule has 0 amide bonds. The highest BCUT2D eigenvalue weighted by atomic mass is 14.7. The minimum Gasteiger partial charge on any atom is -0.328 e. The lowest BCUT2D eigenvalue weighted by Crippen LogP contribution is -2.16. The van der Waals surface area contributed by atoms with Crippen LogP contribution in [-0.4, -0.2) is 11.0 Å². The lowest BCUT2D eigenvalue weighted by molar-refractivity contribution is 0.563. The zero-order valence-electron chi connectivity index (χ0n) is 12.6. The molecule has 0 aliphatic rings. The van der Waals surface area contributed by atoms with Gasteiger partial charge in [0, 0.05) is 22.8 Å². The normalized spacial score (nSPS) is 13.7. The Balaban J connectivity index is 2.84. The van der Waals surface area contributed by atoms with E-state index < -0.39 is 0 Å². The summed E-state index contributed by atoms with van der Waals surface area (Å²) in [6.07, 6.45) is 4.37. The summed E-state index contributed by atoms with van der Waals surface area (Å²) < 4.78 is 0. The monoisotopic (exact) mass is 248 g/mol. The summed E-state index contributed by atoms with van der Waals surface area (Å²) in [7, 11) is 0. The van der Waals surface area contributed by atoms with Crippen LogP contribution in [0.25, 0.3) is 0 Å². The maximum absolute atomic E-state index is 5.80. The number of pyridine rings is 1. The van der Waals surface area contributed by atoms with Crippen LogP contribution in [0.4, 0.5) is 0 Å². The molecule has 18 heavy (non-hydrogen) atoms. The molecule has 0 unspecified atom stereocenters. The summed E-state index contributed by atoms with van der Waals surface area (Å²) in [5.74, 6) is 0. The summed E-state index contributed by atoms with van der Waals surface area (Å²) in [6, 6.07) is 4.82. The molecule has 1 aromatic rings. The van der Waals surface area contributed by atoms with Crippen LogP contribution in [0.5, 0.6) is 0 Å². The number of nitrogens with zero attached hydrogens (tertiary/aromatic N) is 1. The summed E-state index contributed by atoms with van der Waals surface area (Å²) in [6.45, 7) is 10.9. The molecular weight excluding hydrogens is 220 g/mol. The second-order valence-electron chi connectivity index (χ2n) is 6.33. The van der Waals surface area contributed by atoms with E-state index in [1.165, 1.54) is 17.0 Å². The number of hydrogen-bond acceptors (Lipinski definition) is 2. The van der Waals surface area contributed by atoms with Gasteiger partial charge in [0.1, 0.15) is 0 Å². The van der Waals surface area contributed by atoms with Crippen LogP contribution in [0.15, 0.2) is 12.1 Å². The Hall–Kier alpha value is -0.890. The van der Waals surface area contributed by atoms with Crippen LogP contribution in [0, 0.1) is 0 Å². The van der Waals surface area contributed by atoms with Crippen molar-refractivity contribution in [3.63, 3.8) is 0 Å². The zero-order valence-corrected chi connectivity index (χ0v) is 12.6. The second kappa shape index (κ2) is 6.33. The molecule has 0 bridgehead atoms. The number of rotatable bonds is 5. The molecule has 2 heteroatoms. The quantitative estimate of drug-likeness (QED) is 0.864. The minimum atomic E-state index is 0.126. The van der Waals surface area contributed by atoms with E-state index in [9.17, 15) is 0 Å². The Morgan fingerprint density at radius 2 is 1.94 bits per heavy atom. The Kier molecular flexibility index (Phi) is 5.33. The standard InChI is InChI=1S/C16H28N2/c1-6-14-10-13(9-7-8-12(2)17)11-15(18-14)16(3,4)5/h10-12H,6-9,17H2,1-5H3/t12-/m0/s1. The van der Waals surface area contributed by atoms with Gasteiger partial charge in [0.15, 0.2) is 0 Å². The van der Waals surface area contributed by atoms with E-state index in [-0.39, 0.29) is 5.41 Å². The summed E-state index contributed by atoms with van der Waals surface area (Å²) in [5, 5.41) is 0. The predicted molar refractivity (Wildman–Crippen MR) is 78.9 cm³/mol. The fourth-order valence-electron chi connectivity index (χ4n) is 1.99. The smallest absolute Gasteiger partial charge is 0.0463 e. The van der Waals surface area contributed by atoms with E-state index in [0.29, 0.717) is 6.04 Å². The van der Waals surface area contributed by atoms with Gasteiger partial charge in [-0.1, -0.05) is 27.7 Å². The maximum atomic E-state index is 5.80. The topological polar surface area (TPSA) is 38.9 Å². The van der Waals surface area contributed by atoms with Crippen LogP contribution in [0.2, 0.25) is 0 Å². The van der Waals surface area contributed by atoms with E-state index in [1.807, 2.05) is 0 Å². The molecule has 0 spiro atoms. The zero-order chi connectivity index (χ0) is 13.8. The molecule has 1 aromatic heterocycles. The van der Waals surface area contributed by atoms with Gasteiger partial charge in [-0.25, -0.2) is 0 Å². The molecule has 0 radical (unpaired) electrons. The SMILES string of the molecule is CCc1cc(CCC[C@H](C)N)cc(C(C)(C)C)n1. The van der Waals surface area contributed by atoms with Gasteiger partial charge >= 0.3 is 0 Å². The molecule has 2 nitrogen and oxygen atoms in total. The molecule has 0 aliphatic carbocycles. The van der Waals surface area contributed by atoms with Gasteiger partial charge in [0.25, 0.3) is 0 Å². The Morgan fingerprint density at radius 3 is 2.44 bits per heavy atom. The van der Waals surface area contributed by atoms with Crippen molar-refractivity contribution >= 4 is 0 Å². The van der Waals surface area contributed by atoms with E-state index >= 15 is 0 Å². The predicted octanol–water partition coefficient (Wildman–Crippen LogP) is 3.61. The van der Waals surface area contributed by atoms with Crippen LogP contribution in [-0.2, 0) is 18.3 Å². The molecule has 1 rings (SSSR count). The van der Waals surface area contributed by atoms with Crippen LogP contribution < -0.4 is 5.73 Å². The Bertz CT molecular complexity index is 375. The van der Waals surface area contributed by atoms with Crippen molar-refractivity contribution in [2.75, 3.05) is 0 Å². The molecule has 0 aromatic carbocycles. The van der Waals surface area contributed by atoms with Gasteiger partial charge in [0.05, 0.1) is 0 Å². The third-order valence-corrected chi connectivity index (χ3v) is 3.19. The fourth-order valence-corrected chi connectivity index (χ4v) is 1.99. The second-order valence-corrected chi connectivity index (χ2v) is 6.33. The number of aryl methyl sites for hydroxylation is 2. The van der Waals surface area contributed by atoms with E-state index in [1.54, 1.807) is 0 Å². The highest BCUT2D eigenvalue weighted by Gasteiger charge is 2.16. The van der Waals surface area contributed by atoms with Crippen molar-refractivity contribution in [2.24, 2.45) is 5.73 Å². The maximum Gasteiger partial charge on any atom is 0.0463 e. The molecule has 1 atom stereocenters. The van der Waals surface area contributed by atoms with Gasteiger partial charge in [-0.05, 0) is 50.3 Å². The highest BCUT2D eigenvalue weighted by Crippen LogP contribution is 2.22. The summed E-state index contributed by atoms with van der Waals surface area (Å²) in [4.78, 5) is 4.74. The molecule has 2 N–H and O–H groups in total. The van der Waals surface area contributed by atoms with E-state index in [0.717, 1.165) is 25.7 Å². The van der Waals surface area contributed by atoms with Crippen molar-refractivity contribution in [2.45, 2.75) is 71.8 Å². The molecule has 0 saturated heterocycles. The van der Waals surface area contributed by atoms with Crippen LogP contribution >= 0.6 is 0 Å². The summed E-state index contributed by atoms with van der Waals surface area (Å²) in [5.41, 5.74) is 9.75. The average Bonchev–Trinajstić information content (AvgIpc) is 2.27. The van der Waals surface area contributed by atoms with Gasteiger partial charge in [-0.15, -0.1) is 0 Å². The Labute approximate surface area is 112 Å². The largest absolute Gasteiger partial charge is 0.328 e. The lowest BCUT2D eigenvalue weighted by Gasteiger charge is -2.20. The van der Waals surface area contributed by atoms with Crippen molar-refractivity contribution in [1.82, 2.24) is 4.98 Å². The molecule has 102 valence electrons. The Morgan fingerprint density at radius 1 is 1.28 bits per heavy atom. The average molecular weight is 248 g/mol. The van der Waals surface area contributed by atoms with Crippen molar-refractivity contribution in [1.29, 1.82) is 0 Å². The van der Waals surface area contributed by atoms with Gasteiger partial charge in [-0.2, -0.15) is 0 Å². The van der Waals surface area contributed by atoms with Crippen molar-refractivity contribution in [3.05, 3.63) is 29.1 Å². The molecule has 1 heterocycles. The highest BCUT2D eigenvalue weighted by molar-refractivity contribution is 5.25. The fraction of sp³-hybridized carbons (Fsp3) is 0.688. The molecule has 0 saturated carbocycles. The van der Waals surface area contributed by atoms with Crippen LogP contribution in [0.1, 0.15) is 64.4 Å². The van der Waals surface area contributed by atoms with Crippen LogP contribution in [0.3, 0.4) is 0 Å². The first-order valence-electron chi connectivity index (χ1n) is 7.09.